The lowest BCUT2D eigenvalue weighted by atomic mass is 10.0. The van der Waals surface area contributed by atoms with Gasteiger partial charge < -0.3 is 14.8 Å². The van der Waals surface area contributed by atoms with Crippen molar-refractivity contribution in [2.45, 2.75) is 26.4 Å². The summed E-state index contributed by atoms with van der Waals surface area (Å²) in [5.41, 5.74) is 3.69. The summed E-state index contributed by atoms with van der Waals surface area (Å²) in [6.45, 7) is 3.73. The maximum absolute atomic E-state index is 12.5. The summed E-state index contributed by atoms with van der Waals surface area (Å²) in [4.78, 5) is 24.6. The van der Waals surface area contributed by atoms with Crippen LogP contribution in [0.1, 0.15) is 18.9 Å². The maximum atomic E-state index is 12.5. The molecule has 0 radical (unpaired) electrons. The fourth-order valence-corrected chi connectivity index (χ4v) is 2.89. The average molecular weight is 403 g/mol. The first-order chi connectivity index (χ1) is 14.5. The number of para-hydroxylation sites is 1. The van der Waals surface area contributed by atoms with E-state index in [4.69, 9.17) is 9.47 Å². The van der Waals surface area contributed by atoms with E-state index in [9.17, 15) is 9.59 Å². The lowest BCUT2D eigenvalue weighted by Crippen LogP contribution is -2.30. The minimum Gasteiger partial charge on any atom is -0.493 e. The zero-order chi connectivity index (χ0) is 21.3. The molecule has 154 valence electrons. The van der Waals surface area contributed by atoms with E-state index in [-0.39, 0.29) is 18.9 Å². The van der Waals surface area contributed by atoms with Crippen LogP contribution in [0.3, 0.4) is 0 Å². The van der Waals surface area contributed by atoms with E-state index in [1.807, 2.05) is 85.8 Å². The van der Waals surface area contributed by atoms with E-state index in [0.717, 1.165) is 16.7 Å². The van der Waals surface area contributed by atoms with Gasteiger partial charge in [0.2, 0.25) is 0 Å². The van der Waals surface area contributed by atoms with E-state index in [0.29, 0.717) is 11.4 Å². The lowest BCUT2D eigenvalue weighted by molar-refractivity contribution is -0.153. The Hall–Kier alpha value is -3.60. The van der Waals surface area contributed by atoms with Crippen molar-refractivity contribution in [1.29, 1.82) is 0 Å². The number of ether oxygens (including phenoxy) is 2. The van der Waals surface area contributed by atoms with Crippen molar-refractivity contribution < 1.29 is 19.1 Å². The van der Waals surface area contributed by atoms with Gasteiger partial charge in [0.25, 0.3) is 5.91 Å². The largest absolute Gasteiger partial charge is 0.493 e. The Morgan fingerprint density at radius 1 is 0.900 bits per heavy atom. The molecule has 0 aliphatic rings. The van der Waals surface area contributed by atoms with Crippen LogP contribution in [-0.2, 0) is 14.3 Å². The zero-order valence-corrected chi connectivity index (χ0v) is 17.1. The monoisotopic (exact) mass is 403 g/mol. The third kappa shape index (κ3) is 5.95. The summed E-state index contributed by atoms with van der Waals surface area (Å²) >= 11 is 0. The van der Waals surface area contributed by atoms with Gasteiger partial charge in [0.05, 0.1) is 13.0 Å². The Balaban J connectivity index is 1.51. The standard InChI is InChI=1S/C25H25NO4/c1-18-12-14-21(15-13-18)29-17-16-24(27)30-19(2)25(28)26-23-11-7-6-10-22(23)20-8-4-3-5-9-20/h3-15,19H,16-17H2,1-2H3,(H,26,28)/t19-/m1/s1. The highest BCUT2D eigenvalue weighted by atomic mass is 16.5. The quantitative estimate of drug-likeness (QED) is 0.538. The molecule has 0 spiro atoms. The molecule has 0 unspecified atom stereocenters. The number of anilines is 1. The van der Waals surface area contributed by atoms with Gasteiger partial charge in [-0.15, -0.1) is 0 Å². The lowest BCUT2D eigenvalue weighted by Gasteiger charge is -2.16. The minimum atomic E-state index is -0.916. The summed E-state index contributed by atoms with van der Waals surface area (Å²) in [5, 5.41) is 2.85. The van der Waals surface area contributed by atoms with Gasteiger partial charge in [-0.3, -0.25) is 9.59 Å². The molecule has 5 nitrogen and oxygen atoms in total. The molecule has 0 fully saturated rings. The highest BCUT2D eigenvalue weighted by Crippen LogP contribution is 2.27. The van der Waals surface area contributed by atoms with Crippen LogP contribution in [0.4, 0.5) is 5.69 Å². The summed E-state index contributed by atoms with van der Waals surface area (Å²) in [5.74, 6) is -0.177. The van der Waals surface area contributed by atoms with Crippen LogP contribution in [0, 0.1) is 6.92 Å². The predicted octanol–water partition coefficient (Wildman–Crippen LogP) is 5.00. The zero-order valence-electron chi connectivity index (χ0n) is 17.1. The van der Waals surface area contributed by atoms with Crippen molar-refractivity contribution in [3.8, 4) is 16.9 Å². The smallest absolute Gasteiger partial charge is 0.310 e. The number of carbonyl (C=O) groups is 2. The SMILES string of the molecule is Cc1ccc(OCCC(=O)O[C@H](C)C(=O)Nc2ccccc2-c2ccccc2)cc1. The number of esters is 1. The molecular weight excluding hydrogens is 378 g/mol. The number of rotatable bonds is 8. The molecule has 0 heterocycles. The molecule has 0 saturated heterocycles. The molecular formula is C25H25NO4. The Labute approximate surface area is 176 Å². The Kier molecular flexibility index (Phi) is 7.22. The van der Waals surface area contributed by atoms with E-state index in [2.05, 4.69) is 5.32 Å². The summed E-state index contributed by atoms with van der Waals surface area (Å²) in [6.07, 6.45) is -0.854. The van der Waals surface area contributed by atoms with Gasteiger partial charge in [0.1, 0.15) is 5.75 Å². The van der Waals surface area contributed by atoms with Gasteiger partial charge in [-0.25, -0.2) is 0 Å². The Morgan fingerprint density at radius 2 is 1.57 bits per heavy atom. The third-order valence-corrected chi connectivity index (χ3v) is 4.54. The summed E-state index contributed by atoms with van der Waals surface area (Å²) in [7, 11) is 0. The molecule has 0 aromatic heterocycles. The van der Waals surface area contributed by atoms with Crippen LogP contribution in [-0.4, -0.2) is 24.6 Å². The molecule has 1 amide bonds. The number of amides is 1. The van der Waals surface area contributed by atoms with Crippen LogP contribution in [0.2, 0.25) is 0 Å². The highest BCUT2D eigenvalue weighted by molar-refractivity contribution is 5.98. The van der Waals surface area contributed by atoms with E-state index in [1.165, 1.54) is 0 Å². The molecule has 0 aliphatic heterocycles. The van der Waals surface area contributed by atoms with Crippen molar-refractivity contribution in [3.05, 3.63) is 84.4 Å². The van der Waals surface area contributed by atoms with Crippen LogP contribution >= 0.6 is 0 Å². The van der Waals surface area contributed by atoms with Crippen molar-refractivity contribution in [2.75, 3.05) is 11.9 Å². The summed E-state index contributed by atoms with van der Waals surface area (Å²) in [6, 6.07) is 24.9. The molecule has 0 aliphatic carbocycles. The van der Waals surface area contributed by atoms with Gasteiger partial charge >= 0.3 is 5.97 Å². The molecule has 1 N–H and O–H groups in total. The Bertz CT molecular complexity index is 984. The average Bonchev–Trinajstić information content (AvgIpc) is 2.76. The second kappa shape index (κ2) is 10.3. The topological polar surface area (TPSA) is 64.6 Å². The van der Waals surface area contributed by atoms with E-state index in [1.54, 1.807) is 6.92 Å². The van der Waals surface area contributed by atoms with Gasteiger partial charge in [0, 0.05) is 11.3 Å². The molecule has 3 aromatic rings. The molecule has 3 rings (SSSR count). The number of aryl methyl sites for hydroxylation is 1. The first-order valence-corrected chi connectivity index (χ1v) is 9.87. The van der Waals surface area contributed by atoms with E-state index < -0.39 is 12.1 Å². The van der Waals surface area contributed by atoms with Crippen LogP contribution < -0.4 is 10.1 Å². The van der Waals surface area contributed by atoms with Crippen molar-refractivity contribution in [1.82, 2.24) is 0 Å². The predicted molar refractivity (Wildman–Crippen MR) is 117 cm³/mol. The first-order valence-electron chi connectivity index (χ1n) is 9.87. The number of nitrogens with one attached hydrogen (secondary N) is 1. The van der Waals surface area contributed by atoms with Gasteiger partial charge in [0.15, 0.2) is 6.10 Å². The van der Waals surface area contributed by atoms with Crippen molar-refractivity contribution in [2.24, 2.45) is 0 Å². The maximum Gasteiger partial charge on any atom is 0.310 e. The molecule has 0 bridgehead atoms. The van der Waals surface area contributed by atoms with Crippen LogP contribution in [0.15, 0.2) is 78.9 Å². The van der Waals surface area contributed by atoms with Gasteiger partial charge in [-0.2, -0.15) is 0 Å². The second-order valence-corrected chi connectivity index (χ2v) is 6.94. The minimum absolute atomic E-state index is 0.0616. The number of hydrogen-bond acceptors (Lipinski definition) is 4. The van der Waals surface area contributed by atoms with Crippen molar-refractivity contribution in [3.63, 3.8) is 0 Å². The highest BCUT2D eigenvalue weighted by Gasteiger charge is 2.19. The fraction of sp³-hybridized carbons (Fsp3) is 0.200. The second-order valence-electron chi connectivity index (χ2n) is 6.94. The molecule has 1 atom stereocenters. The van der Waals surface area contributed by atoms with Gasteiger partial charge in [-0.1, -0.05) is 66.2 Å². The number of carbonyl (C=O) groups excluding carboxylic acids is 2. The van der Waals surface area contributed by atoms with Crippen LogP contribution in [0.25, 0.3) is 11.1 Å². The normalized spacial score (nSPS) is 11.4. The first kappa shape index (κ1) is 21.1. The molecule has 3 aromatic carbocycles. The third-order valence-electron chi connectivity index (χ3n) is 4.54. The van der Waals surface area contributed by atoms with Crippen LogP contribution in [0.5, 0.6) is 5.75 Å². The number of hydrogen-bond donors (Lipinski definition) is 1. The van der Waals surface area contributed by atoms with E-state index >= 15 is 0 Å². The summed E-state index contributed by atoms with van der Waals surface area (Å²) < 4.78 is 10.8. The fourth-order valence-electron chi connectivity index (χ4n) is 2.89. The molecule has 0 saturated carbocycles. The number of benzene rings is 3. The van der Waals surface area contributed by atoms with Crippen molar-refractivity contribution >= 4 is 17.6 Å². The molecule has 30 heavy (non-hydrogen) atoms. The van der Waals surface area contributed by atoms with Gasteiger partial charge in [-0.05, 0) is 37.6 Å². The Morgan fingerprint density at radius 3 is 2.30 bits per heavy atom. The molecule has 5 heteroatoms.